The number of hydrogen-bond acceptors (Lipinski definition) is 4. The number of nitrogens with two attached hydrogens (primary N) is 1. The molecule has 2 N–H and O–H groups in total. The van der Waals surface area contributed by atoms with Crippen LogP contribution in [0.15, 0.2) is 12.1 Å². The van der Waals surface area contributed by atoms with Crippen LogP contribution >= 0.6 is 11.3 Å². The lowest BCUT2D eigenvalue weighted by atomic mass is 10.1. The molecule has 18 heavy (non-hydrogen) atoms. The molecule has 100 valence electrons. The summed E-state index contributed by atoms with van der Waals surface area (Å²) in [6, 6.07) is 4.13. The number of aryl methyl sites for hydroxylation is 1. The van der Waals surface area contributed by atoms with Crippen molar-refractivity contribution in [2.24, 2.45) is 5.73 Å². The predicted molar refractivity (Wildman–Crippen MR) is 75.1 cm³/mol. The third-order valence-electron chi connectivity index (χ3n) is 3.44. The van der Waals surface area contributed by atoms with E-state index >= 15 is 0 Å². The van der Waals surface area contributed by atoms with Crippen molar-refractivity contribution >= 4 is 17.2 Å². The SMILES string of the molecule is CCc1ccc(C(=O)N2CCN(C)CC2CN)s1. The Labute approximate surface area is 112 Å². The first kappa shape index (κ1) is 13.5. The van der Waals surface area contributed by atoms with E-state index in [0.29, 0.717) is 6.54 Å². The molecule has 1 atom stereocenters. The van der Waals surface area contributed by atoms with Crippen molar-refractivity contribution in [3.8, 4) is 0 Å². The molecular weight excluding hydrogens is 246 g/mol. The molecular formula is C13H21N3OS. The number of nitrogens with zero attached hydrogens (tertiary/aromatic N) is 2. The fourth-order valence-electron chi connectivity index (χ4n) is 2.30. The van der Waals surface area contributed by atoms with Crippen LogP contribution in [-0.4, -0.2) is 55.0 Å². The minimum absolute atomic E-state index is 0.142. The molecule has 0 aliphatic carbocycles. The standard InChI is InChI=1S/C13H21N3OS/c1-3-11-4-5-12(18-11)13(17)16-7-6-15(2)9-10(16)8-14/h4-5,10H,3,6-9,14H2,1-2H3. The number of likely N-dealkylation sites (N-methyl/N-ethyl adjacent to an activating group) is 1. The van der Waals surface area contributed by atoms with Crippen molar-refractivity contribution in [3.63, 3.8) is 0 Å². The summed E-state index contributed by atoms with van der Waals surface area (Å²) < 4.78 is 0. The summed E-state index contributed by atoms with van der Waals surface area (Å²) in [6.07, 6.45) is 0.987. The summed E-state index contributed by atoms with van der Waals surface area (Å²) in [5, 5.41) is 0. The summed E-state index contributed by atoms with van der Waals surface area (Å²) in [7, 11) is 2.07. The van der Waals surface area contributed by atoms with Gasteiger partial charge in [0, 0.05) is 31.1 Å². The van der Waals surface area contributed by atoms with Gasteiger partial charge in [-0.25, -0.2) is 0 Å². The molecule has 1 aromatic heterocycles. The second kappa shape index (κ2) is 5.82. The normalized spacial score (nSPS) is 21.3. The summed E-state index contributed by atoms with van der Waals surface area (Å²) in [5.74, 6) is 0.142. The van der Waals surface area contributed by atoms with Crippen molar-refractivity contribution in [2.45, 2.75) is 19.4 Å². The first-order valence-corrected chi connectivity index (χ1v) is 7.25. The number of thiophene rings is 1. The van der Waals surface area contributed by atoms with Crippen molar-refractivity contribution in [1.29, 1.82) is 0 Å². The minimum Gasteiger partial charge on any atom is -0.331 e. The van der Waals surface area contributed by atoms with Gasteiger partial charge < -0.3 is 15.5 Å². The van der Waals surface area contributed by atoms with Crippen LogP contribution in [0.5, 0.6) is 0 Å². The van der Waals surface area contributed by atoms with Gasteiger partial charge >= 0.3 is 0 Å². The summed E-state index contributed by atoms with van der Waals surface area (Å²) >= 11 is 1.60. The molecule has 1 aromatic rings. The number of amides is 1. The van der Waals surface area contributed by atoms with Crippen molar-refractivity contribution < 1.29 is 4.79 Å². The van der Waals surface area contributed by atoms with Gasteiger partial charge in [-0.05, 0) is 25.6 Å². The van der Waals surface area contributed by atoms with Crippen LogP contribution in [0.25, 0.3) is 0 Å². The zero-order valence-electron chi connectivity index (χ0n) is 11.1. The van der Waals surface area contributed by atoms with E-state index in [9.17, 15) is 4.79 Å². The fourth-order valence-corrected chi connectivity index (χ4v) is 3.21. The second-order valence-corrected chi connectivity index (χ2v) is 5.94. The molecule has 5 heteroatoms. The van der Waals surface area contributed by atoms with Gasteiger partial charge in [0.05, 0.1) is 10.9 Å². The topological polar surface area (TPSA) is 49.6 Å². The zero-order valence-corrected chi connectivity index (χ0v) is 11.9. The highest BCUT2D eigenvalue weighted by Crippen LogP contribution is 2.21. The first-order valence-electron chi connectivity index (χ1n) is 6.44. The molecule has 1 saturated heterocycles. The van der Waals surface area contributed by atoms with Gasteiger partial charge in [0.25, 0.3) is 5.91 Å². The third kappa shape index (κ3) is 2.74. The van der Waals surface area contributed by atoms with Crippen LogP contribution in [-0.2, 0) is 6.42 Å². The van der Waals surface area contributed by atoms with Crippen molar-refractivity contribution in [3.05, 3.63) is 21.9 Å². The Morgan fingerprint density at radius 2 is 2.28 bits per heavy atom. The highest BCUT2D eigenvalue weighted by Gasteiger charge is 2.29. The molecule has 0 saturated carbocycles. The molecule has 1 amide bonds. The molecule has 0 radical (unpaired) electrons. The summed E-state index contributed by atoms with van der Waals surface area (Å²) in [5.41, 5.74) is 5.79. The Hall–Kier alpha value is -0.910. The Balaban J connectivity index is 2.11. The Kier molecular flexibility index (Phi) is 4.37. The second-order valence-electron chi connectivity index (χ2n) is 4.77. The molecule has 4 nitrogen and oxygen atoms in total. The predicted octanol–water partition coefficient (Wildman–Crippen LogP) is 1.03. The molecule has 0 spiro atoms. The Morgan fingerprint density at radius 3 is 2.89 bits per heavy atom. The number of carbonyl (C=O) groups is 1. The average Bonchev–Trinajstić information content (AvgIpc) is 2.86. The van der Waals surface area contributed by atoms with Crippen molar-refractivity contribution in [2.75, 3.05) is 33.2 Å². The van der Waals surface area contributed by atoms with Gasteiger partial charge in [-0.2, -0.15) is 0 Å². The number of rotatable bonds is 3. The summed E-state index contributed by atoms with van der Waals surface area (Å²) in [6.45, 7) is 5.21. The average molecular weight is 267 g/mol. The Morgan fingerprint density at radius 1 is 1.50 bits per heavy atom. The highest BCUT2D eigenvalue weighted by molar-refractivity contribution is 7.14. The number of piperazine rings is 1. The van der Waals surface area contributed by atoms with E-state index in [-0.39, 0.29) is 11.9 Å². The Bertz CT molecular complexity index is 418. The first-order chi connectivity index (χ1) is 8.65. The van der Waals surface area contributed by atoms with E-state index in [4.69, 9.17) is 5.73 Å². The molecule has 2 rings (SSSR count). The number of hydrogen-bond donors (Lipinski definition) is 1. The molecule has 1 aliphatic rings. The van der Waals surface area contributed by atoms with Gasteiger partial charge in [-0.15, -0.1) is 11.3 Å². The lowest BCUT2D eigenvalue weighted by Gasteiger charge is -2.39. The minimum atomic E-state index is 0.142. The van der Waals surface area contributed by atoms with E-state index < -0.39 is 0 Å². The summed E-state index contributed by atoms with van der Waals surface area (Å²) in [4.78, 5) is 18.7. The lowest BCUT2D eigenvalue weighted by molar-refractivity contribution is 0.0521. The van der Waals surface area contributed by atoms with Crippen LogP contribution < -0.4 is 5.73 Å². The van der Waals surface area contributed by atoms with E-state index in [1.807, 2.05) is 17.0 Å². The number of carbonyl (C=O) groups excluding carboxylic acids is 1. The van der Waals surface area contributed by atoms with Crippen LogP contribution in [0.3, 0.4) is 0 Å². The molecule has 1 aliphatic heterocycles. The quantitative estimate of drug-likeness (QED) is 0.890. The van der Waals surface area contributed by atoms with E-state index in [1.165, 1.54) is 4.88 Å². The maximum atomic E-state index is 12.5. The fraction of sp³-hybridized carbons (Fsp3) is 0.615. The van der Waals surface area contributed by atoms with Gasteiger partial charge in [0.15, 0.2) is 0 Å². The van der Waals surface area contributed by atoms with Crippen molar-refractivity contribution in [1.82, 2.24) is 9.80 Å². The molecule has 0 aromatic carbocycles. The zero-order chi connectivity index (χ0) is 13.1. The van der Waals surface area contributed by atoms with Crippen LogP contribution in [0.2, 0.25) is 0 Å². The van der Waals surface area contributed by atoms with Gasteiger partial charge in [0.1, 0.15) is 0 Å². The third-order valence-corrected chi connectivity index (χ3v) is 4.66. The van der Waals surface area contributed by atoms with Crippen LogP contribution in [0.1, 0.15) is 21.5 Å². The molecule has 1 fully saturated rings. The van der Waals surface area contributed by atoms with Gasteiger partial charge in [-0.1, -0.05) is 6.92 Å². The maximum Gasteiger partial charge on any atom is 0.264 e. The molecule has 0 bridgehead atoms. The van der Waals surface area contributed by atoms with E-state index in [2.05, 4.69) is 18.9 Å². The smallest absolute Gasteiger partial charge is 0.264 e. The van der Waals surface area contributed by atoms with E-state index in [1.54, 1.807) is 11.3 Å². The van der Waals surface area contributed by atoms with Crippen LogP contribution in [0, 0.1) is 0 Å². The van der Waals surface area contributed by atoms with E-state index in [0.717, 1.165) is 30.9 Å². The monoisotopic (exact) mass is 267 g/mol. The lowest BCUT2D eigenvalue weighted by Crippen LogP contribution is -2.56. The van der Waals surface area contributed by atoms with Gasteiger partial charge in [0.2, 0.25) is 0 Å². The van der Waals surface area contributed by atoms with Crippen LogP contribution in [0.4, 0.5) is 0 Å². The molecule has 2 heterocycles. The largest absolute Gasteiger partial charge is 0.331 e. The maximum absolute atomic E-state index is 12.5. The highest BCUT2D eigenvalue weighted by atomic mass is 32.1. The molecule has 1 unspecified atom stereocenters. The van der Waals surface area contributed by atoms with Gasteiger partial charge in [-0.3, -0.25) is 4.79 Å².